The first kappa shape index (κ1) is 11.8. The van der Waals surface area contributed by atoms with Gasteiger partial charge < -0.3 is 15.2 Å². The molecule has 3 rings (SSSR count). The van der Waals surface area contributed by atoms with Crippen LogP contribution in [0.2, 0.25) is 0 Å². The number of aromatic nitrogens is 1. The molecule has 0 amide bonds. The number of nitriles is 1. The minimum Gasteiger partial charge on any atom is -0.378 e. The SMILES string of the molecule is Cn1c(=O)c(C#N)c(NC2CNC2)c2ccccc21. The van der Waals surface area contributed by atoms with Gasteiger partial charge in [0.2, 0.25) is 0 Å². The lowest BCUT2D eigenvalue weighted by Crippen LogP contribution is -2.51. The maximum atomic E-state index is 12.2. The van der Waals surface area contributed by atoms with Crippen LogP contribution in [-0.4, -0.2) is 23.7 Å². The van der Waals surface area contributed by atoms with Crippen molar-refractivity contribution in [3.8, 4) is 6.07 Å². The number of nitrogens with zero attached hydrogens (tertiary/aromatic N) is 2. The molecule has 0 bridgehead atoms. The van der Waals surface area contributed by atoms with Crippen molar-refractivity contribution in [2.24, 2.45) is 7.05 Å². The molecule has 5 heteroatoms. The zero-order chi connectivity index (χ0) is 13.4. The molecule has 2 N–H and O–H groups in total. The predicted octanol–water partition coefficient (Wildman–Crippen LogP) is 0.794. The number of pyridine rings is 1. The van der Waals surface area contributed by atoms with Gasteiger partial charge in [-0.1, -0.05) is 18.2 Å². The highest BCUT2D eigenvalue weighted by atomic mass is 16.1. The highest BCUT2D eigenvalue weighted by molar-refractivity contribution is 5.94. The Morgan fingerprint density at radius 1 is 1.42 bits per heavy atom. The van der Waals surface area contributed by atoms with Gasteiger partial charge in [0.1, 0.15) is 11.6 Å². The molecule has 1 aromatic carbocycles. The third kappa shape index (κ3) is 1.77. The van der Waals surface area contributed by atoms with Gasteiger partial charge in [0, 0.05) is 25.5 Å². The summed E-state index contributed by atoms with van der Waals surface area (Å²) in [4.78, 5) is 12.2. The summed E-state index contributed by atoms with van der Waals surface area (Å²) in [5, 5.41) is 16.7. The normalized spacial score (nSPS) is 14.9. The van der Waals surface area contributed by atoms with E-state index in [0.29, 0.717) is 5.69 Å². The molecule has 1 aliphatic heterocycles. The number of anilines is 1. The van der Waals surface area contributed by atoms with Gasteiger partial charge in [-0.15, -0.1) is 0 Å². The molecule has 0 aliphatic carbocycles. The highest BCUT2D eigenvalue weighted by Crippen LogP contribution is 2.25. The van der Waals surface area contributed by atoms with E-state index in [0.717, 1.165) is 24.0 Å². The maximum absolute atomic E-state index is 12.2. The molecule has 1 aromatic heterocycles. The number of benzene rings is 1. The van der Waals surface area contributed by atoms with Crippen molar-refractivity contribution in [1.82, 2.24) is 9.88 Å². The Balaban J connectivity index is 2.30. The van der Waals surface area contributed by atoms with E-state index in [9.17, 15) is 10.1 Å². The maximum Gasteiger partial charge on any atom is 0.270 e. The van der Waals surface area contributed by atoms with E-state index in [1.165, 1.54) is 4.57 Å². The zero-order valence-corrected chi connectivity index (χ0v) is 10.6. The topological polar surface area (TPSA) is 69.8 Å². The molecule has 5 nitrogen and oxygen atoms in total. The van der Waals surface area contributed by atoms with Gasteiger partial charge in [-0.05, 0) is 6.07 Å². The Labute approximate surface area is 110 Å². The highest BCUT2D eigenvalue weighted by Gasteiger charge is 2.21. The average molecular weight is 254 g/mol. The number of fused-ring (bicyclic) bond motifs is 1. The standard InChI is InChI=1S/C14H14N4O/c1-18-12-5-3-2-4-10(12)13(11(6-15)14(18)19)17-9-7-16-8-9/h2-5,9,16-17H,7-8H2,1H3. The van der Waals surface area contributed by atoms with Gasteiger partial charge in [0.05, 0.1) is 17.2 Å². The van der Waals surface area contributed by atoms with Crippen LogP contribution < -0.4 is 16.2 Å². The Kier molecular flexibility index (Phi) is 2.73. The molecule has 1 fully saturated rings. The summed E-state index contributed by atoms with van der Waals surface area (Å²) in [7, 11) is 1.69. The van der Waals surface area contributed by atoms with Crippen LogP contribution in [0.4, 0.5) is 5.69 Å². The third-order valence-electron chi connectivity index (χ3n) is 3.54. The molecule has 0 radical (unpaired) electrons. The fourth-order valence-corrected chi connectivity index (χ4v) is 2.34. The summed E-state index contributed by atoms with van der Waals surface area (Å²) in [6, 6.07) is 9.95. The molecule has 1 saturated heterocycles. The third-order valence-corrected chi connectivity index (χ3v) is 3.54. The summed E-state index contributed by atoms with van der Waals surface area (Å²) >= 11 is 0. The minimum absolute atomic E-state index is 0.188. The van der Waals surface area contributed by atoms with Crippen molar-refractivity contribution in [3.63, 3.8) is 0 Å². The van der Waals surface area contributed by atoms with Crippen LogP contribution >= 0.6 is 0 Å². The van der Waals surface area contributed by atoms with Gasteiger partial charge in [0.25, 0.3) is 5.56 Å². The van der Waals surface area contributed by atoms with E-state index in [2.05, 4.69) is 10.6 Å². The van der Waals surface area contributed by atoms with Crippen LogP contribution in [0.1, 0.15) is 5.56 Å². The molecular weight excluding hydrogens is 240 g/mol. The van der Waals surface area contributed by atoms with E-state index in [-0.39, 0.29) is 17.2 Å². The molecular formula is C14H14N4O. The molecule has 0 spiro atoms. The lowest BCUT2D eigenvalue weighted by atomic mass is 10.1. The molecule has 1 aliphatic rings. The van der Waals surface area contributed by atoms with Crippen LogP contribution in [0.25, 0.3) is 10.9 Å². The van der Waals surface area contributed by atoms with Crippen molar-refractivity contribution in [2.45, 2.75) is 6.04 Å². The van der Waals surface area contributed by atoms with Crippen LogP contribution in [0, 0.1) is 11.3 Å². The lowest BCUT2D eigenvalue weighted by molar-refractivity contribution is 0.472. The first-order valence-electron chi connectivity index (χ1n) is 6.21. The second kappa shape index (κ2) is 4.41. The Morgan fingerprint density at radius 3 is 2.79 bits per heavy atom. The first-order valence-corrected chi connectivity index (χ1v) is 6.21. The monoisotopic (exact) mass is 254 g/mol. The molecule has 96 valence electrons. The summed E-state index contributed by atoms with van der Waals surface area (Å²) in [6.45, 7) is 1.71. The van der Waals surface area contributed by atoms with Crippen LogP contribution in [0.5, 0.6) is 0 Å². The second-order valence-electron chi connectivity index (χ2n) is 4.74. The predicted molar refractivity (Wildman–Crippen MR) is 74.2 cm³/mol. The molecule has 19 heavy (non-hydrogen) atoms. The van der Waals surface area contributed by atoms with E-state index in [1.54, 1.807) is 7.05 Å². The average Bonchev–Trinajstić information content (AvgIpc) is 2.39. The Bertz CT molecular complexity index is 737. The van der Waals surface area contributed by atoms with Crippen molar-refractivity contribution in [1.29, 1.82) is 5.26 Å². The number of hydrogen-bond acceptors (Lipinski definition) is 4. The van der Waals surface area contributed by atoms with Crippen molar-refractivity contribution < 1.29 is 0 Å². The Hall–Kier alpha value is -2.32. The van der Waals surface area contributed by atoms with Crippen LogP contribution in [0.15, 0.2) is 29.1 Å². The first-order chi connectivity index (χ1) is 9.22. The lowest BCUT2D eigenvalue weighted by Gasteiger charge is -2.30. The second-order valence-corrected chi connectivity index (χ2v) is 4.74. The van der Waals surface area contributed by atoms with Crippen LogP contribution in [0.3, 0.4) is 0 Å². The zero-order valence-electron chi connectivity index (χ0n) is 10.6. The Morgan fingerprint density at radius 2 is 2.16 bits per heavy atom. The molecule has 2 aromatic rings. The van der Waals surface area contributed by atoms with Gasteiger partial charge in [-0.2, -0.15) is 5.26 Å². The number of aryl methyl sites for hydroxylation is 1. The largest absolute Gasteiger partial charge is 0.378 e. The van der Waals surface area contributed by atoms with Crippen molar-refractivity contribution in [2.75, 3.05) is 18.4 Å². The number of rotatable bonds is 2. The van der Waals surface area contributed by atoms with Gasteiger partial charge >= 0.3 is 0 Å². The van der Waals surface area contributed by atoms with E-state index in [1.807, 2.05) is 30.3 Å². The van der Waals surface area contributed by atoms with E-state index in [4.69, 9.17) is 0 Å². The fourth-order valence-electron chi connectivity index (χ4n) is 2.34. The minimum atomic E-state index is -0.254. The number of hydrogen-bond donors (Lipinski definition) is 2. The van der Waals surface area contributed by atoms with Gasteiger partial charge in [-0.25, -0.2) is 0 Å². The van der Waals surface area contributed by atoms with E-state index >= 15 is 0 Å². The quantitative estimate of drug-likeness (QED) is 0.831. The molecule has 2 heterocycles. The molecule has 0 saturated carbocycles. The van der Waals surface area contributed by atoms with Crippen molar-refractivity contribution >= 4 is 16.6 Å². The van der Waals surface area contributed by atoms with E-state index < -0.39 is 0 Å². The van der Waals surface area contributed by atoms with Gasteiger partial charge in [0.15, 0.2) is 0 Å². The summed E-state index contributed by atoms with van der Waals surface area (Å²) in [5.74, 6) is 0. The smallest absolute Gasteiger partial charge is 0.270 e. The summed E-state index contributed by atoms with van der Waals surface area (Å²) < 4.78 is 1.53. The molecule has 0 unspecified atom stereocenters. The molecule has 0 atom stereocenters. The van der Waals surface area contributed by atoms with Gasteiger partial charge in [-0.3, -0.25) is 4.79 Å². The fraction of sp³-hybridized carbons (Fsp3) is 0.286. The number of para-hydroxylation sites is 1. The number of nitrogens with one attached hydrogen (secondary N) is 2. The van der Waals surface area contributed by atoms with Crippen LogP contribution in [-0.2, 0) is 7.05 Å². The summed E-state index contributed by atoms with van der Waals surface area (Å²) in [5.41, 5.74) is 1.43. The van der Waals surface area contributed by atoms with Crippen molar-refractivity contribution in [3.05, 3.63) is 40.2 Å². The summed E-state index contributed by atoms with van der Waals surface area (Å²) in [6.07, 6.45) is 0.